The fourth-order valence-electron chi connectivity index (χ4n) is 3.20. The Balaban J connectivity index is 2.07. The van der Waals surface area contributed by atoms with Gasteiger partial charge in [-0.2, -0.15) is 0 Å². The Hall–Kier alpha value is -3.12. The molecule has 0 aliphatic carbocycles. The number of aromatic nitrogens is 1. The Morgan fingerprint density at radius 3 is 2.54 bits per heavy atom. The Morgan fingerprint density at radius 1 is 0.958 bits per heavy atom. The van der Waals surface area contributed by atoms with Crippen LogP contribution < -0.4 is 4.57 Å². The summed E-state index contributed by atoms with van der Waals surface area (Å²) in [6, 6.07) is 14.1. The van der Waals surface area contributed by atoms with Gasteiger partial charge in [-0.3, -0.25) is 0 Å². The molecule has 0 N–H and O–H groups in total. The molecule has 0 radical (unpaired) electrons. The quantitative estimate of drug-likeness (QED) is 0.347. The lowest BCUT2D eigenvalue weighted by Crippen LogP contribution is -2.30. The average molecular weight is 313 g/mol. The van der Waals surface area contributed by atoms with Gasteiger partial charge < -0.3 is 4.42 Å². The first-order valence-electron chi connectivity index (χ1n) is 7.88. The fourth-order valence-corrected chi connectivity index (χ4v) is 3.20. The van der Waals surface area contributed by atoms with E-state index in [-0.39, 0.29) is 0 Å². The van der Waals surface area contributed by atoms with Crippen molar-refractivity contribution in [3.63, 3.8) is 0 Å². The summed E-state index contributed by atoms with van der Waals surface area (Å²) in [6.07, 6.45) is 2.08. The smallest absolute Gasteiger partial charge is 0.212 e. The highest BCUT2D eigenvalue weighted by Crippen LogP contribution is 2.35. The third kappa shape index (κ3) is 2.16. The maximum Gasteiger partial charge on any atom is 0.212 e. The molecule has 0 unspecified atom stereocenters. The highest BCUT2D eigenvalue weighted by molar-refractivity contribution is 6.07. The van der Waals surface area contributed by atoms with Crippen LogP contribution in [-0.4, -0.2) is 0 Å². The summed E-state index contributed by atoms with van der Waals surface area (Å²) < 4.78 is 8.10. The van der Waals surface area contributed by atoms with Crippen LogP contribution in [0.2, 0.25) is 0 Å². The lowest BCUT2D eigenvalue weighted by atomic mass is 10.00. The van der Waals surface area contributed by atoms with E-state index in [1.807, 2.05) is 12.1 Å². The molecule has 4 aromatic rings. The van der Waals surface area contributed by atoms with Gasteiger partial charge in [0.15, 0.2) is 11.9 Å². The number of furan rings is 1. The minimum Gasteiger partial charge on any atom is -0.456 e. The number of fused-ring (bicyclic) bond motifs is 3. The second-order valence-corrected chi connectivity index (χ2v) is 6.26. The van der Waals surface area contributed by atoms with Crippen molar-refractivity contribution in [2.75, 3.05) is 0 Å². The molecule has 3 heteroatoms. The molecule has 0 amide bonds. The van der Waals surface area contributed by atoms with E-state index >= 15 is 0 Å². The van der Waals surface area contributed by atoms with E-state index < -0.39 is 0 Å². The van der Waals surface area contributed by atoms with Gasteiger partial charge in [-0.1, -0.05) is 6.07 Å². The van der Waals surface area contributed by atoms with Gasteiger partial charge in [0.25, 0.3) is 0 Å². The summed E-state index contributed by atoms with van der Waals surface area (Å²) in [5.74, 6) is 0. The van der Waals surface area contributed by atoms with Crippen LogP contribution in [0.3, 0.4) is 0 Å². The molecule has 2 heterocycles. The molecule has 0 aliphatic rings. The highest BCUT2D eigenvalue weighted by atomic mass is 16.3. The Bertz CT molecular complexity index is 1150. The van der Waals surface area contributed by atoms with Crippen LogP contribution in [0.15, 0.2) is 53.1 Å². The molecular formula is C21H17N2O+. The lowest BCUT2D eigenvalue weighted by molar-refractivity contribution is -0.660. The van der Waals surface area contributed by atoms with E-state index in [0.29, 0.717) is 5.69 Å². The van der Waals surface area contributed by atoms with Crippen molar-refractivity contribution < 1.29 is 8.98 Å². The zero-order valence-electron chi connectivity index (χ0n) is 13.9. The van der Waals surface area contributed by atoms with Crippen LogP contribution in [0, 0.1) is 20.4 Å². The van der Waals surface area contributed by atoms with Crippen molar-refractivity contribution in [1.29, 1.82) is 0 Å². The van der Waals surface area contributed by atoms with Gasteiger partial charge in [0.05, 0.1) is 6.57 Å². The first-order chi connectivity index (χ1) is 11.6. The minimum absolute atomic E-state index is 0.633. The van der Waals surface area contributed by atoms with Crippen LogP contribution in [-0.2, 0) is 7.05 Å². The minimum atomic E-state index is 0.633. The average Bonchev–Trinajstić information content (AvgIpc) is 2.92. The monoisotopic (exact) mass is 313 g/mol. The van der Waals surface area contributed by atoms with E-state index in [2.05, 4.69) is 60.8 Å². The molecule has 2 aromatic carbocycles. The van der Waals surface area contributed by atoms with E-state index in [4.69, 9.17) is 11.0 Å². The molecule has 24 heavy (non-hydrogen) atoms. The van der Waals surface area contributed by atoms with Gasteiger partial charge in [0.2, 0.25) is 5.69 Å². The summed E-state index contributed by atoms with van der Waals surface area (Å²) in [7, 11) is 2.06. The van der Waals surface area contributed by atoms with Crippen LogP contribution >= 0.6 is 0 Å². The lowest BCUT2D eigenvalue weighted by Gasteiger charge is -2.05. The largest absolute Gasteiger partial charge is 0.456 e. The molecule has 0 saturated heterocycles. The summed E-state index contributed by atoms with van der Waals surface area (Å²) in [4.78, 5) is 3.54. The third-order valence-corrected chi connectivity index (χ3v) is 4.51. The first kappa shape index (κ1) is 14.5. The van der Waals surface area contributed by atoms with Crippen LogP contribution in [0.4, 0.5) is 5.69 Å². The van der Waals surface area contributed by atoms with Crippen LogP contribution in [0.5, 0.6) is 0 Å². The molecule has 4 rings (SSSR count). The Kier molecular flexibility index (Phi) is 3.14. The van der Waals surface area contributed by atoms with Crippen molar-refractivity contribution in [2.45, 2.75) is 13.8 Å². The molecule has 0 aliphatic heterocycles. The molecule has 3 nitrogen and oxygen atoms in total. The van der Waals surface area contributed by atoms with Gasteiger partial charge in [-0.25, -0.2) is 9.41 Å². The summed E-state index contributed by atoms with van der Waals surface area (Å²) in [5, 5.41) is 2.05. The van der Waals surface area contributed by atoms with Crippen molar-refractivity contribution in [3.05, 3.63) is 71.2 Å². The van der Waals surface area contributed by atoms with E-state index in [1.165, 1.54) is 22.4 Å². The van der Waals surface area contributed by atoms with Crippen molar-refractivity contribution in [3.8, 4) is 11.3 Å². The normalized spacial score (nSPS) is 11.1. The Labute approximate surface area is 140 Å². The van der Waals surface area contributed by atoms with Gasteiger partial charge >= 0.3 is 0 Å². The van der Waals surface area contributed by atoms with Crippen LogP contribution in [0.1, 0.15) is 11.1 Å². The van der Waals surface area contributed by atoms with Crippen LogP contribution in [0.25, 0.3) is 38.0 Å². The SMILES string of the molecule is [C-]#[N+]c1ccc2oc3cc(C)c(-c4cc(C)cc[n+]4C)cc3c2c1. The topological polar surface area (TPSA) is 21.4 Å². The number of hydrogen-bond acceptors (Lipinski definition) is 1. The number of rotatable bonds is 1. The molecule has 0 spiro atoms. The first-order valence-corrected chi connectivity index (χ1v) is 7.88. The third-order valence-electron chi connectivity index (χ3n) is 4.51. The van der Waals surface area contributed by atoms with Crippen molar-refractivity contribution in [1.82, 2.24) is 0 Å². The number of nitrogens with zero attached hydrogens (tertiary/aromatic N) is 2. The Morgan fingerprint density at radius 2 is 1.75 bits per heavy atom. The van der Waals surface area contributed by atoms with E-state index in [9.17, 15) is 0 Å². The predicted molar refractivity (Wildman–Crippen MR) is 96.1 cm³/mol. The maximum atomic E-state index is 7.23. The van der Waals surface area contributed by atoms with Crippen molar-refractivity contribution in [2.24, 2.45) is 7.05 Å². The molecule has 0 bridgehead atoms. The van der Waals surface area contributed by atoms with Crippen molar-refractivity contribution >= 4 is 27.6 Å². The number of hydrogen-bond donors (Lipinski definition) is 0. The second kappa shape index (κ2) is 5.21. The molecule has 0 atom stereocenters. The van der Waals surface area contributed by atoms with Gasteiger partial charge in [0.1, 0.15) is 18.2 Å². The zero-order chi connectivity index (χ0) is 16.8. The summed E-state index contributed by atoms with van der Waals surface area (Å²) in [5.41, 5.74) is 7.08. The molecule has 116 valence electrons. The number of pyridine rings is 1. The molecular weight excluding hydrogens is 296 g/mol. The van der Waals surface area contributed by atoms with Gasteiger partial charge in [0, 0.05) is 28.5 Å². The number of benzene rings is 2. The van der Waals surface area contributed by atoms with Gasteiger partial charge in [-0.15, -0.1) is 0 Å². The highest BCUT2D eigenvalue weighted by Gasteiger charge is 2.16. The standard InChI is InChI=1S/C21H17N2O/c1-13-7-8-23(4)19(9-13)16-12-18-17-11-15(22-3)5-6-20(17)24-21(18)10-14(16)2/h5-12H,1-2,4H3/q+1. The van der Waals surface area contributed by atoms with Gasteiger partial charge in [-0.05, 0) is 49.2 Å². The predicted octanol–water partition coefficient (Wildman–Crippen LogP) is 5.25. The van der Waals surface area contributed by atoms with E-state index in [1.54, 1.807) is 6.07 Å². The second-order valence-electron chi connectivity index (χ2n) is 6.26. The summed E-state index contributed by atoms with van der Waals surface area (Å²) in [6.45, 7) is 11.4. The maximum absolute atomic E-state index is 7.23. The fraction of sp³-hybridized carbons (Fsp3) is 0.143. The van der Waals surface area contributed by atoms with E-state index in [0.717, 1.165) is 21.9 Å². The summed E-state index contributed by atoms with van der Waals surface area (Å²) >= 11 is 0. The molecule has 0 saturated carbocycles. The molecule has 0 fully saturated rings. The molecule has 2 aromatic heterocycles. The zero-order valence-corrected chi connectivity index (χ0v) is 13.9. The number of aryl methyl sites for hydroxylation is 3.